The summed E-state index contributed by atoms with van der Waals surface area (Å²) in [7, 11) is 0. The fraction of sp³-hybridized carbons (Fsp3) is 0.238. The highest BCUT2D eigenvalue weighted by Crippen LogP contribution is 2.41. The second kappa shape index (κ2) is 6.60. The van der Waals surface area contributed by atoms with Crippen LogP contribution in [0.1, 0.15) is 31.0 Å². The Morgan fingerprint density at radius 3 is 2.61 bits per heavy atom. The van der Waals surface area contributed by atoms with Gasteiger partial charge < -0.3 is 10.1 Å². The van der Waals surface area contributed by atoms with E-state index < -0.39 is 17.7 Å². The normalized spacial score (nSPS) is 17.2. The summed E-state index contributed by atoms with van der Waals surface area (Å²) in [6, 6.07) is 8.41. The maximum atomic E-state index is 13.0. The number of aliphatic hydroxyl groups excluding tert-OH is 1. The maximum Gasteiger partial charge on any atom is 0.296 e. The average molecular weight is 376 g/mol. The fourth-order valence-corrected chi connectivity index (χ4v) is 3.47. The van der Waals surface area contributed by atoms with E-state index in [4.69, 9.17) is 0 Å². The lowest BCUT2D eigenvalue weighted by Gasteiger charge is -2.24. The van der Waals surface area contributed by atoms with Gasteiger partial charge in [0, 0.05) is 18.3 Å². The number of Topliss-reactive ketones (excluding diaryl/α,β-unsaturated/α-hetero) is 1. The molecule has 2 N–H and O–H groups in total. The number of aliphatic hydroxyl groups is 1. The molecule has 0 spiro atoms. The molecule has 0 saturated heterocycles. The van der Waals surface area contributed by atoms with Gasteiger partial charge in [-0.1, -0.05) is 19.9 Å². The van der Waals surface area contributed by atoms with Crippen molar-refractivity contribution in [3.8, 4) is 0 Å². The molecule has 0 saturated carbocycles. The van der Waals surface area contributed by atoms with Gasteiger partial charge in [0.1, 0.15) is 0 Å². The Bertz CT molecular complexity index is 1120. The van der Waals surface area contributed by atoms with Gasteiger partial charge in [-0.05, 0) is 42.3 Å². The third kappa shape index (κ3) is 2.76. The van der Waals surface area contributed by atoms with Crippen LogP contribution in [-0.2, 0) is 9.59 Å². The van der Waals surface area contributed by atoms with Crippen molar-refractivity contribution >= 4 is 28.7 Å². The molecule has 1 unspecified atom stereocenters. The van der Waals surface area contributed by atoms with E-state index in [0.717, 1.165) is 11.1 Å². The van der Waals surface area contributed by atoms with Gasteiger partial charge >= 0.3 is 0 Å². The zero-order valence-electron chi connectivity index (χ0n) is 15.8. The fourth-order valence-electron chi connectivity index (χ4n) is 3.47. The molecule has 4 rings (SSSR count). The van der Waals surface area contributed by atoms with Crippen LogP contribution >= 0.6 is 0 Å². The summed E-state index contributed by atoms with van der Waals surface area (Å²) >= 11 is 0. The molecule has 2 aromatic heterocycles. The topological polar surface area (TPSA) is 99.2 Å². The molecule has 3 aromatic rings. The number of pyridine rings is 1. The molecular formula is C21H20N4O3. The molecule has 1 atom stereocenters. The first kappa shape index (κ1) is 17.9. The van der Waals surface area contributed by atoms with Crippen LogP contribution in [0, 0.1) is 12.8 Å². The van der Waals surface area contributed by atoms with Crippen LogP contribution in [0.25, 0.3) is 11.0 Å². The summed E-state index contributed by atoms with van der Waals surface area (Å²) < 4.78 is 0. The van der Waals surface area contributed by atoms with Crippen LogP contribution in [0.2, 0.25) is 0 Å². The van der Waals surface area contributed by atoms with Gasteiger partial charge in [0.2, 0.25) is 5.95 Å². The predicted octanol–water partition coefficient (Wildman–Crippen LogP) is 3.39. The van der Waals surface area contributed by atoms with Gasteiger partial charge in [-0.2, -0.15) is 0 Å². The van der Waals surface area contributed by atoms with Crippen molar-refractivity contribution in [3.05, 3.63) is 65.2 Å². The lowest BCUT2D eigenvalue weighted by molar-refractivity contribution is -0.119. The van der Waals surface area contributed by atoms with Gasteiger partial charge in [-0.3, -0.25) is 19.5 Å². The number of ketones is 1. The van der Waals surface area contributed by atoms with Crippen LogP contribution < -0.4 is 4.90 Å². The van der Waals surface area contributed by atoms with Crippen molar-refractivity contribution in [2.75, 3.05) is 4.90 Å². The van der Waals surface area contributed by atoms with Crippen LogP contribution in [0.4, 0.5) is 5.95 Å². The minimum Gasteiger partial charge on any atom is -0.503 e. The average Bonchev–Trinajstić information content (AvgIpc) is 3.20. The van der Waals surface area contributed by atoms with E-state index in [1.807, 2.05) is 25.1 Å². The SMILES string of the molecule is Cc1ccc2nc(N3C(=O)C(O)=C(C(=O)C(C)C)C3c3ccncc3)[nH]c2c1. The summed E-state index contributed by atoms with van der Waals surface area (Å²) in [5.41, 5.74) is 3.29. The Morgan fingerprint density at radius 2 is 1.93 bits per heavy atom. The molecule has 1 aliphatic rings. The maximum absolute atomic E-state index is 13.0. The summed E-state index contributed by atoms with van der Waals surface area (Å²) in [6.45, 7) is 5.44. The molecule has 0 fully saturated rings. The number of aryl methyl sites for hydroxylation is 1. The van der Waals surface area contributed by atoms with E-state index in [1.165, 1.54) is 4.90 Å². The number of hydrogen-bond donors (Lipinski definition) is 2. The number of aromatic amines is 1. The summed E-state index contributed by atoms with van der Waals surface area (Å²) in [5.74, 6) is -1.54. The van der Waals surface area contributed by atoms with Crippen molar-refractivity contribution < 1.29 is 14.7 Å². The number of carbonyl (C=O) groups is 2. The van der Waals surface area contributed by atoms with Gasteiger partial charge in [0.25, 0.3) is 5.91 Å². The Kier molecular flexibility index (Phi) is 4.22. The largest absolute Gasteiger partial charge is 0.503 e. The molecule has 28 heavy (non-hydrogen) atoms. The van der Waals surface area contributed by atoms with Gasteiger partial charge in [-0.15, -0.1) is 0 Å². The second-order valence-electron chi connectivity index (χ2n) is 7.22. The van der Waals surface area contributed by atoms with Crippen molar-refractivity contribution in [3.63, 3.8) is 0 Å². The number of nitrogens with zero attached hydrogens (tertiary/aromatic N) is 3. The molecule has 7 nitrogen and oxygen atoms in total. The quantitative estimate of drug-likeness (QED) is 0.727. The van der Waals surface area contributed by atoms with Gasteiger partial charge in [0.05, 0.1) is 22.6 Å². The number of carbonyl (C=O) groups excluding carboxylic acids is 2. The minimum atomic E-state index is -0.771. The third-order valence-corrected chi connectivity index (χ3v) is 4.87. The van der Waals surface area contributed by atoms with Crippen molar-refractivity contribution in [2.24, 2.45) is 5.92 Å². The predicted molar refractivity (Wildman–Crippen MR) is 105 cm³/mol. The number of nitrogens with one attached hydrogen (secondary N) is 1. The van der Waals surface area contributed by atoms with Crippen LogP contribution in [0.3, 0.4) is 0 Å². The third-order valence-electron chi connectivity index (χ3n) is 4.87. The van der Waals surface area contributed by atoms with Crippen LogP contribution in [0.5, 0.6) is 0 Å². The molecule has 7 heteroatoms. The van der Waals surface area contributed by atoms with Crippen molar-refractivity contribution in [1.82, 2.24) is 15.0 Å². The first-order valence-corrected chi connectivity index (χ1v) is 9.05. The van der Waals surface area contributed by atoms with E-state index in [9.17, 15) is 14.7 Å². The lowest BCUT2D eigenvalue weighted by Crippen LogP contribution is -2.32. The summed E-state index contributed by atoms with van der Waals surface area (Å²) in [4.78, 5) is 38.8. The van der Waals surface area contributed by atoms with Crippen molar-refractivity contribution in [1.29, 1.82) is 0 Å². The number of H-pyrrole nitrogens is 1. The van der Waals surface area contributed by atoms with Crippen LogP contribution in [-0.4, -0.2) is 31.7 Å². The van der Waals surface area contributed by atoms with E-state index >= 15 is 0 Å². The number of imidazole rings is 1. The summed E-state index contributed by atoms with van der Waals surface area (Å²) in [6.07, 6.45) is 3.18. The Hall–Kier alpha value is -3.48. The molecule has 3 heterocycles. The highest BCUT2D eigenvalue weighted by atomic mass is 16.3. The number of hydrogen-bond acceptors (Lipinski definition) is 5. The number of aromatic nitrogens is 3. The first-order chi connectivity index (χ1) is 13.4. The van der Waals surface area contributed by atoms with E-state index in [2.05, 4.69) is 15.0 Å². The van der Waals surface area contributed by atoms with Gasteiger partial charge in [-0.25, -0.2) is 4.98 Å². The number of benzene rings is 1. The van der Waals surface area contributed by atoms with Crippen LogP contribution in [0.15, 0.2) is 54.1 Å². The Morgan fingerprint density at radius 1 is 1.21 bits per heavy atom. The highest BCUT2D eigenvalue weighted by molar-refractivity contribution is 6.16. The molecule has 0 aliphatic carbocycles. The molecule has 0 bridgehead atoms. The number of fused-ring (bicyclic) bond motifs is 1. The Balaban J connectivity index is 1.89. The van der Waals surface area contributed by atoms with E-state index in [-0.39, 0.29) is 23.2 Å². The standard InChI is InChI=1S/C21H20N4O3/c1-11(2)18(26)16-17(13-6-8-22-9-7-13)25(20(28)19(16)27)21-23-14-5-4-12(3)10-15(14)24-21/h4-11,17,27H,1-3H3,(H,23,24). The summed E-state index contributed by atoms with van der Waals surface area (Å²) in [5, 5.41) is 10.6. The first-order valence-electron chi connectivity index (χ1n) is 9.05. The molecular weight excluding hydrogens is 356 g/mol. The Labute approximate surface area is 161 Å². The molecule has 142 valence electrons. The number of rotatable bonds is 4. The number of anilines is 1. The van der Waals surface area contributed by atoms with E-state index in [1.54, 1.807) is 38.4 Å². The smallest absolute Gasteiger partial charge is 0.296 e. The second-order valence-corrected chi connectivity index (χ2v) is 7.22. The highest BCUT2D eigenvalue weighted by Gasteiger charge is 2.46. The monoisotopic (exact) mass is 376 g/mol. The number of amides is 1. The van der Waals surface area contributed by atoms with Crippen molar-refractivity contribution in [2.45, 2.75) is 26.8 Å². The lowest BCUT2D eigenvalue weighted by atomic mass is 9.92. The molecule has 0 radical (unpaired) electrons. The zero-order valence-corrected chi connectivity index (χ0v) is 15.8. The molecule has 1 amide bonds. The molecule has 1 aromatic carbocycles. The van der Waals surface area contributed by atoms with E-state index in [0.29, 0.717) is 11.1 Å². The molecule has 1 aliphatic heterocycles. The minimum absolute atomic E-state index is 0.0860. The zero-order chi connectivity index (χ0) is 20.0. The van der Waals surface area contributed by atoms with Gasteiger partial charge in [0.15, 0.2) is 11.5 Å².